The van der Waals surface area contributed by atoms with Crippen molar-refractivity contribution in [2.75, 3.05) is 38.7 Å². The molecule has 1 heterocycles. The zero-order valence-corrected chi connectivity index (χ0v) is 12.4. The van der Waals surface area contributed by atoms with Crippen molar-refractivity contribution in [3.63, 3.8) is 0 Å². The number of anilines is 1. The van der Waals surface area contributed by atoms with Gasteiger partial charge in [-0.05, 0) is 13.8 Å². The summed E-state index contributed by atoms with van der Waals surface area (Å²) in [7, 11) is 3.26. The Morgan fingerprint density at radius 3 is 2.53 bits per heavy atom. The van der Waals surface area contributed by atoms with Crippen molar-refractivity contribution in [2.24, 2.45) is 0 Å². The summed E-state index contributed by atoms with van der Waals surface area (Å²) in [4.78, 5) is 23.5. The van der Waals surface area contributed by atoms with Crippen LogP contribution in [0, 0.1) is 0 Å². The molecule has 0 aliphatic heterocycles. The number of methoxy groups -OCH3 is 1. The lowest BCUT2D eigenvalue weighted by atomic mass is 10.4. The third kappa shape index (κ3) is 3.70. The number of hydrogen-bond donors (Lipinski definition) is 0. The molecular formula is C12H19ClN4O2. The van der Waals surface area contributed by atoms with Gasteiger partial charge < -0.3 is 14.5 Å². The summed E-state index contributed by atoms with van der Waals surface area (Å²) < 4.78 is 5.17. The molecule has 1 aromatic heterocycles. The molecule has 0 aromatic carbocycles. The highest BCUT2D eigenvalue weighted by Crippen LogP contribution is 2.30. The second kappa shape index (κ2) is 7.13. The number of hydrogen-bond acceptors (Lipinski definition) is 5. The number of rotatable bonds is 6. The molecule has 0 fully saturated rings. The van der Waals surface area contributed by atoms with Crippen LogP contribution in [0.25, 0.3) is 0 Å². The maximum absolute atomic E-state index is 12.0. The Labute approximate surface area is 118 Å². The number of likely N-dealkylation sites (N-methyl/N-ethyl adjacent to an activating group) is 2. The van der Waals surface area contributed by atoms with Gasteiger partial charge in [-0.2, -0.15) is 0 Å². The third-order valence-corrected chi connectivity index (χ3v) is 3.07. The largest absolute Gasteiger partial charge is 0.490 e. The molecule has 7 heteroatoms. The van der Waals surface area contributed by atoms with Crippen LogP contribution in [-0.2, 0) is 4.79 Å². The molecule has 6 nitrogen and oxygen atoms in total. The first-order valence-corrected chi connectivity index (χ1v) is 6.46. The van der Waals surface area contributed by atoms with Crippen LogP contribution in [0.3, 0.4) is 0 Å². The van der Waals surface area contributed by atoms with Gasteiger partial charge in [-0.3, -0.25) is 4.79 Å². The summed E-state index contributed by atoms with van der Waals surface area (Å²) in [6, 6.07) is 0. The minimum absolute atomic E-state index is 0.0317. The number of nitrogens with zero attached hydrogens (tertiary/aromatic N) is 4. The van der Waals surface area contributed by atoms with E-state index in [4.69, 9.17) is 16.3 Å². The number of carbonyl (C=O) groups excluding carboxylic acids is 1. The van der Waals surface area contributed by atoms with E-state index in [-0.39, 0.29) is 17.6 Å². The molecule has 1 rings (SSSR count). The zero-order chi connectivity index (χ0) is 14.4. The molecule has 0 saturated heterocycles. The molecule has 0 N–H and O–H groups in total. The van der Waals surface area contributed by atoms with Crippen LogP contribution in [0.5, 0.6) is 5.75 Å². The van der Waals surface area contributed by atoms with E-state index in [1.807, 2.05) is 13.8 Å². The molecule has 19 heavy (non-hydrogen) atoms. The van der Waals surface area contributed by atoms with Crippen molar-refractivity contribution >= 4 is 23.3 Å². The quantitative estimate of drug-likeness (QED) is 0.741. The minimum atomic E-state index is 0.0317. The maximum Gasteiger partial charge on any atom is 0.242 e. The predicted octanol–water partition coefficient (Wildman–Crippen LogP) is 1.44. The lowest BCUT2D eigenvalue weighted by Gasteiger charge is -2.24. The maximum atomic E-state index is 12.0. The topological polar surface area (TPSA) is 58.6 Å². The number of ether oxygens (including phenoxy) is 1. The van der Waals surface area contributed by atoms with E-state index >= 15 is 0 Å². The van der Waals surface area contributed by atoms with Crippen LogP contribution in [-0.4, -0.2) is 54.6 Å². The Kier molecular flexibility index (Phi) is 5.82. The first-order chi connectivity index (χ1) is 9.04. The van der Waals surface area contributed by atoms with E-state index in [0.29, 0.717) is 24.7 Å². The van der Waals surface area contributed by atoms with Crippen molar-refractivity contribution in [1.29, 1.82) is 0 Å². The normalized spacial score (nSPS) is 10.2. The van der Waals surface area contributed by atoms with Gasteiger partial charge in [-0.1, -0.05) is 11.6 Å². The zero-order valence-electron chi connectivity index (χ0n) is 11.7. The first kappa shape index (κ1) is 15.5. The summed E-state index contributed by atoms with van der Waals surface area (Å²) in [6.45, 7) is 5.48. The van der Waals surface area contributed by atoms with Crippen LogP contribution in [0.15, 0.2) is 6.33 Å². The average molecular weight is 287 g/mol. The third-order valence-electron chi connectivity index (χ3n) is 2.80. The molecule has 1 aromatic rings. The van der Waals surface area contributed by atoms with Gasteiger partial charge in [-0.25, -0.2) is 9.97 Å². The van der Waals surface area contributed by atoms with Gasteiger partial charge in [0.25, 0.3) is 0 Å². The average Bonchev–Trinajstić information content (AvgIpc) is 2.39. The molecule has 0 spiro atoms. The molecule has 0 saturated carbocycles. The molecular weight excluding hydrogens is 268 g/mol. The number of halogens is 1. The summed E-state index contributed by atoms with van der Waals surface area (Å²) in [5, 5.41) is 0.231. The van der Waals surface area contributed by atoms with Crippen molar-refractivity contribution < 1.29 is 9.53 Å². The van der Waals surface area contributed by atoms with E-state index < -0.39 is 0 Å². The van der Waals surface area contributed by atoms with Gasteiger partial charge in [-0.15, -0.1) is 0 Å². The van der Waals surface area contributed by atoms with Crippen LogP contribution in [0.1, 0.15) is 13.8 Å². The second-order valence-corrected chi connectivity index (χ2v) is 4.30. The smallest absolute Gasteiger partial charge is 0.242 e. The monoisotopic (exact) mass is 286 g/mol. The first-order valence-electron chi connectivity index (χ1n) is 6.08. The van der Waals surface area contributed by atoms with Gasteiger partial charge in [0.05, 0.1) is 13.7 Å². The molecule has 0 atom stereocenters. The summed E-state index contributed by atoms with van der Waals surface area (Å²) >= 11 is 5.93. The number of amides is 1. The standard InChI is InChI=1S/C12H19ClN4O2/c1-5-17(6-2)9(18)7-16(3)12-10(19-4)11(13)14-8-15-12/h8H,5-7H2,1-4H3. The van der Waals surface area contributed by atoms with Crippen LogP contribution >= 0.6 is 11.6 Å². The molecule has 1 amide bonds. The van der Waals surface area contributed by atoms with Gasteiger partial charge >= 0.3 is 0 Å². The molecule has 0 aliphatic rings. The summed E-state index contributed by atoms with van der Waals surface area (Å²) in [6.07, 6.45) is 1.35. The summed E-state index contributed by atoms with van der Waals surface area (Å²) in [5.74, 6) is 0.909. The number of carbonyl (C=O) groups is 1. The molecule has 0 unspecified atom stereocenters. The van der Waals surface area contributed by atoms with Crippen LogP contribution in [0.2, 0.25) is 5.15 Å². The lowest BCUT2D eigenvalue weighted by Crippen LogP contribution is -2.39. The summed E-state index contributed by atoms with van der Waals surface area (Å²) in [5.41, 5.74) is 0. The molecule has 106 valence electrons. The van der Waals surface area contributed by atoms with Crippen LogP contribution < -0.4 is 9.64 Å². The van der Waals surface area contributed by atoms with E-state index in [1.54, 1.807) is 16.8 Å². The van der Waals surface area contributed by atoms with Gasteiger partial charge in [0.1, 0.15) is 6.33 Å². The lowest BCUT2D eigenvalue weighted by molar-refractivity contribution is -0.129. The molecule has 0 radical (unpaired) electrons. The fourth-order valence-electron chi connectivity index (χ4n) is 1.75. The van der Waals surface area contributed by atoms with Crippen LogP contribution in [0.4, 0.5) is 5.82 Å². The Morgan fingerprint density at radius 1 is 1.37 bits per heavy atom. The fourth-order valence-corrected chi connectivity index (χ4v) is 1.95. The van der Waals surface area contributed by atoms with Crippen molar-refractivity contribution in [3.8, 4) is 5.75 Å². The predicted molar refractivity (Wildman–Crippen MR) is 74.8 cm³/mol. The van der Waals surface area contributed by atoms with Crippen molar-refractivity contribution in [2.45, 2.75) is 13.8 Å². The van der Waals surface area contributed by atoms with Crippen molar-refractivity contribution in [3.05, 3.63) is 11.5 Å². The highest BCUT2D eigenvalue weighted by Gasteiger charge is 2.18. The van der Waals surface area contributed by atoms with E-state index in [0.717, 1.165) is 0 Å². The Hall–Kier alpha value is -1.56. The SMILES string of the molecule is CCN(CC)C(=O)CN(C)c1ncnc(Cl)c1OC. The minimum Gasteiger partial charge on any atom is -0.490 e. The van der Waals surface area contributed by atoms with E-state index in [2.05, 4.69) is 9.97 Å². The Bertz CT molecular complexity index is 438. The van der Waals surface area contributed by atoms with Gasteiger partial charge in [0.2, 0.25) is 5.91 Å². The Morgan fingerprint density at radius 2 is 2.00 bits per heavy atom. The molecule has 0 aliphatic carbocycles. The fraction of sp³-hybridized carbons (Fsp3) is 0.583. The second-order valence-electron chi connectivity index (χ2n) is 3.94. The van der Waals surface area contributed by atoms with Gasteiger partial charge in [0.15, 0.2) is 16.7 Å². The molecule has 0 bridgehead atoms. The van der Waals surface area contributed by atoms with Crippen molar-refractivity contribution in [1.82, 2.24) is 14.9 Å². The van der Waals surface area contributed by atoms with Gasteiger partial charge in [0, 0.05) is 20.1 Å². The van der Waals surface area contributed by atoms with E-state index in [1.165, 1.54) is 13.4 Å². The highest BCUT2D eigenvalue weighted by molar-refractivity contribution is 6.31. The van der Waals surface area contributed by atoms with E-state index in [9.17, 15) is 4.79 Å². The Balaban J connectivity index is 2.86. The highest BCUT2D eigenvalue weighted by atomic mass is 35.5. The number of aromatic nitrogens is 2.